The van der Waals surface area contributed by atoms with Crippen molar-refractivity contribution >= 4 is 0 Å². The monoisotopic (exact) mass is 181 g/mol. The van der Waals surface area contributed by atoms with E-state index in [2.05, 4.69) is 4.98 Å². The molecule has 0 saturated carbocycles. The van der Waals surface area contributed by atoms with E-state index in [0.29, 0.717) is 0 Å². The third-order valence-electron chi connectivity index (χ3n) is 2.23. The summed E-state index contributed by atoms with van der Waals surface area (Å²) in [5, 5.41) is 18.2. The number of hydrogen-bond acceptors (Lipinski definition) is 3. The van der Waals surface area contributed by atoms with Gasteiger partial charge in [0.1, 0.15) is 0 Å². The minimum Gasteiger partial charge on any atom is -0.395 e. The quantitative estimate of drug-likeness (QED) is 0.719. The lowest BCUT2D eigenvalue weighted by Gasteiger charge is -2.23. The molecule has 0 aliphatic heterocycles. The Morgan fingerprint density at radius 3 is 2.31 bits per heavy atom. The molecular formula is C10H15NO2. The summed E-state index contributed by atoms with van der Waals surface area (Å²) in [4.78, 5) is 4.17. The Morgan fingerprint density at radius 2 is 1.92 bits per heavy atom. The van der Waals surface area contributed by atoms with Gasteiger partial charge in [-0.2, -0.15) is 0 Å². The molecule has 0 aromatic carbocycles. The van der Waals surface area contributed by atoms with E-state index in [9.17, 15) is 0 Å². The van der Waals surface area contributed by atoms with Crippen molar-refractivity contribution in [3.8, 4) is 0 Å². The maximum atomic E-state index is 9.11. The van der Waals surface area contributed by atoms with Gasteiger partial charge in [-0.3, -0.25) is 4.98 Å². The lowest BCUT2D eigenvalue weighted by Crippen LogP contribution is -2.32. The summed E-state index contributed by atoms with van der Waals surface area (Å²) in [5.74, 6) is 0. The Morgan fingerprint density at radius 1 is 1.31 bits per heavy atom. The van der Waals surface area contributed by atoms with Gasteiger partial charge in [0.05, 0.1) is 24.3 Å². The van der Waals surface area contributed by atoms with Crippen LogP contribution in [0.25, 0.3) is 0 Å². The van der Waals surface area contributed by atoms with Gasteiger partial charge in [-0.05, 0) is 25.5 Å². The second-order valence-electron chi connectivity index (χ2n) is 3.60. The maximum Gasteiger partial charge on any atom is 0.0562 e. The van der Waals surface area contributed by atoms with Crippen LogP contribution < -0.4 is 0 Å². The van der Waals surface area contributed by atoms with Crippen LogP contribution in [0.5, 0.6) is 0 Å². The van der Waals surface area contributed by atoms with E-state index in [1.807, 2.05) is 19.1 Å². The molecule has 0 unspecified atom stereocenters. The molecular weight excluding hydrogens is 166 g/mol. The van der Waals surface area contributed by atoms with E-state index in [1.165, 1.54) is 0 Å². The first-order valence-electron chi connectivity index (χ1n) is 4.27. The van der Waals surface area contributed by atoms with Crippen molar-refractivity contribution in [1.82, 2.24) is 4.98 Å². The highest BCUT2D eigenvalue weighted by atomic mass is 16.3. The Balaban J connectivity index is 2.99. The number of aromatic nitrogens is 1. The molecule has 0 radical (unpaired) electrons. The van der Waals surface area contributed by atoms with Crippen LogP contribution in [0.1, 0.15) is 18.2 Å². The Hall–Kier alpha value is -0.930. The van der Waals surface area contributed by atoms with Crippen molar-refractivity contribution in [3.05, 3.63) is 29.6 Å². The smallest absolute Gasteiger partial charge is 0.0562 e. The largest absolute Gasteiger partial charge is 0.395 e. The van der Waals surface area contributed by atoms with Gasteiger partial charge in [-0.25, -0.2) is 0 Å². The van der Waals surface area contributed by atoms with Gasteiger partial charge in [-0.1, -0.05) is 6.07 Å². The molecule has 1 aromatic rings. The van der Waals surface area contributed by atoms with Crippen LogP contribution in [-0.4, -0.2) is 28.4 Å². The molecule has 1 aromatic heterocycles. The molecule has 72 valence electrons. The highest BCUT2D eigenvalue weighted by molar-refractivity contribution is 5.19. The normalized spacial score (nSPS) is 11.7. The zero-order chi connectivity index (χ0) is 9.90. The van der Waals surface area contributed by atoms with Gasteiger partial charge in [0, 0.05) is 6.20 Å². The van der Waals surface area contributed by atoms with Crippen molar-refractivity contribution < 1.29 is 10.2 Å². The SMILES string of the molecule is Cc1ccc(C(C)(CO)CO)nc1. The highest BCUT2D eigenvalue weighted by Crippen LogP contribution is 2.20. The summed E-state index contributed by atoms with van der Waals surface area (Å²) < 4.78 is 0. The first-order chi connectivity index (χ1) is 6.12. The van der Waals surface area contributed by atoms with Crippen molar-refractivity contribution in [3.63, 3.8) is 0 Å². The molecule has 1 rings (SSSR count). The van der Waals surface area contributed by atoms with Gasteiger partial charge < -0.3 is 10.2 Å². The average molecular weight is 181 g/mol. The fourth-order valence-corrected chi connectivity index (χ4v) is 1.04. The van der Waals surface area contributed by atoms with Gasteiger partial charge >= 0.3 is 0 Å². The lowest BCUT2D eigenvalue weighted by molar-refractivity contribution is 0.126. The lowest BCUT2D eigenvalue weighted by atomic mass is 9.88. The van der Waals surface area contributed by atoms with Crippen LogP contribution in [0.4, 0.5) is 0 Å². The summed E-state index contributed by atoms with van der Waals surface area (Å²) in [6.07, 6.45) is 1.74. The molecule has 0 spiro atoms. The molecule has 3 heteroatoms. The second kappa shape index (κ2) is 3.85. The average Bonchev–Trinajstić information content (AvgIpc) is 2.18. The second-order valence-corrected chi connectivity index (χ2v) is 3.60. The van der Waals surface area contributed by atoms with Crippen molar-refractivity contribution in [2.45, 2.75) is 19.3 Å². The first-order valence-corrected chi connectivity index (χ1v) is 4.27. The number of aryl methyl sites for hydroxylation is 1. The minimum atomic E-state index is -0.631. The van der Waals surface area contributed by atoms with Crippen LogP contribution in [0.15, 0.2) is 18.3 Å². The number of aliphatic hydroxyl groups is 2. The third kappa shape index (κ3) is 2.05. The van der Waals surface area contributed by atoms with Crippen LogP contribution in [0.2, 0.25) is 0 Å². The molecule has 0 fully saturated rings. The molecule has 2 N–H and O–H groups in total. The molecule has 3 nitrogen and oxygen atoms in total. The van der Waals surface area contributed by atoms with E-state index in [1.54, 1.807) is 13.1 Å². The topological polar surface area (TPSA) is 53.4 Å². The minimum absolute atomic E-state index is 0.0977. The van der Waals surface area contributed by atoms with E-state index in [0.717, 1.165) is 11.3 Å². The highest BCUT2D eigenvalue weighted by Gasteiger charge is 2.26. The fourth-order valence-electron chi connectivity index (χ4n) is 1.04. The van der Waals surface area contributed by atoms with Crippen LogP contribution in [0.3, 0.4) is 0 Å². The number of pyridine rings is 1. The van der Waals surface area contributed by atoms with E-state index >= 15 is 0 Å². The van der Waals surface area contributed by atoms with Gasteiger partial charge in [0.25, 0.3) is 0 Å². The molecule has 0 aliphatic rings. The summed E-state index contributed by atoms with van der Waals surface area (Å²) in [6, 6.07) is 3.76. The molecule has 0 saturated heterocycles. The van der Waals surface area contributed by atoms with Gasteiger partial charge in [-0.15, -0.1) is 0 Å². The summed E-state index contributed by atoms with van der Waals surface area (Å²) >= 11 is 0. The number of aliphatic hydroxyl groups excluding tert-OH is 2. The Bertz CT molecular complexity index is 265. The molecule has 0 amide bonds. The number of hydrogen-bond donors (Lipinski definition) is 2. The fraction of sp³-hybridized carbons (Fsp3) is 0.500. The first kappa shape index (κ1) is 10.2. The molecule has 13 heavy (non-hydrogen) atoms. The summed E-state index contributed by atoms with van der Waals surface area (Å²) in [6.45, 7) is 3.54. The predicted molar refractivity (Wildman–Crippen MR) is 50.5 cm³/mol. The molecule has 1 heterocycles. The predicted octanol–water partition coefficient (Wildman–Crippen LogP) is 0.632. The van der Waals surface area contributed by atoms with Crippen LogP contribution in [0, 0.1) is 6.92 Å². The zero-order valence-corrected chi connectivity index (χ0v) is 7.99. The van der Waals surface area contributed by atoms with Crippen LogP contribution >= 0.6 is 0 Å². The molecule has 0 atom stereocenters. The van der Waals surface area contributed by atoms with Crippen molar-refractivity contribution in [2.75, 3.05) is 13.2 Å². The van der Waals surface area contributed by atoms with Gasteiger partial charge in [0.15, 0.2) is 0 Å². The standard InChI is InChI=1S/C10H15NO2/c1-8-3-4-9(11-5-8)10(2,6-12)7-13/h3-5,12-13H,6-7H2,1-2H3. The Labute approximate surface area is 78.1 Å². The van der Waals surface area contributed by atoms with E-state index in [-0.39, 0.29) is 13.2 Å². The Kier molecular flexibility index (Phi) is 3.01. The summed E-state index contributed by atoms with van der Waals surface area (Å²) in [5.41, 5.74) is 1.17. The van der Waals surface area contributed by atoms with E-state index < -0.39 is 5.41 Å². The van der Waals surface area contributed by atoms with Gasteiger partial charge in [0.2, 0.25) is 0 Å². The summed E-state index contributed by atoms with van der Waals surface area (Å²) in [7, 11) is 0. The van der Waals surface area contributed by atoms with Crippen molar-refractivity contribution in [1.29, 1.82) is 0 Å². The molecule has 0 bridgehead atoms. The number of rotatable bonds is 3. The molecule has 0 aliphatic carbocycles. The van der Waals surface area contributed by atoms with Crippen molar-refractivity contribution in [2.24, 2.45) is 0 Å². The van der Waals surface area contributed by atoms with Crippen LogP contribution in [-0.2, 0) is 5.41 Å². The maximum absolute atomic E-state index is 9.11. The number of nitrogens with zero attached hydrogens (tertiary/aromatic N) is 1. The van der Waals surface area contributed by atoms with E-state index in [4.69, 9.17) is 10.2 Å². The third-order valence-corrected chi connectivity index (χ3v) is 2.23. The zero-order valence-electron chi connectivity index (χ0n) is 7.99.